The predicted molar refractivity (Wildman–Crippen MR) is 63.5 cm³/mol. The van der Waals surface area contributed by atoms with Crippen LogP contribution in [0.25, 0.3) is 0 Å². The molecule has 0 unspecified atom stereocenters. The van der Waals surface area contributed by atoms with Gasteiger partial charge in [0.15, 0.2) is 5.11 Å². The minimum atomic E-state index is 0.578. The average molecular weight is 224 g/mol. The van der Waals surface area contributed by atoms with E-state index in [-0.39, 0.29) is 0 Å². The predicted octanol–water partition coefficient (Wildman–Crippen LogP) is 2.19. The zero-order valence-electron chi connectivity index (χ0n) is 8.66. The van der Waals surface area contributed by atoms with Crippen molar-refractivity contribution < 1.29 is 4.42 Å². The molecule has 1 aliphatic carbocycles. The molecule has 15 heavy (non-hydrogen) atoms. The van der Waals surface area contributed by atoms with Crippen molar-refractivity contribution in [2.75, 3.05) is 0 Å². The summed E-state index contributed by atoms with van der Waals surface area (Å²) in [7, 11) is 0. The minimum Gasteiger partial charge on any atom is -0.472 e. The van der Waals surface area contributed by atoms with Crippen molar-refractivity contribution in [3.05, 3.63) is 24.2 Å². The molecule has 1 aromatic rings. The summed E-state index contributed by atoms with van der Waals surface area (Å²) in [6, 6.07) is 2.51. The minimum absolute atomic E-state index is 0.578. The first-order valence-electron chi connectivity index (χ1n) is 5.40. The Kier molecular flexibility index (Phi) is 3.61. The topological polar surface area (TPSA) is 37.2 Å². The van der Waals surface area contributed by atoms with Crippen LogP contribution in [-0.2, 0) is 6.54 Å². The molecule has 0 spiro atoms. The Morgan fingerprint density at radius 2 is 2.27 bits per heavy atom. The number of nitrogens with one attached hydrogen (secondary N) is 2. The molecule has 3 nitrogen and oxygen atoms in total. The van der Waals surface area contributed by atoms with Crippen LogP contribution in [-0.4, -0.2) is 11.2 Å². The molecule has 4 heteroatoms. The molecule has 0 saturated heterocycles. The van der Waals surface area contributed by atoms with Crippen LogP contribution in [0.2, 0.25) is 0 Å². The fourth-order valence-corrected chi connectivity index (χ4v) is 2.12. The molecule has 1 aromatic heterocycles. The van der Waals surface area contributed by atoms with E-state index in [0.717, 1.165) is 17.2 Å². The molecule has 0 aromatic carbocycles. The van der Waals surface area contributed by atoms with E-state index in [1.165, 1.54) is 25.7 Å². The molecule has 0 amide bonds. The van der Waals surface area contributed by atoms with Gasteiger partial charge in [0, 0.05) is 18.2 Å². The van der Waals surface area contributed by atoms with Crippen molar-refractivity contribution >= 4 is 17.3 Å². The highest BCUT2D eigenvalue weighted by atomic mass is 32.1. The van der Waals surface area contributed by atoms with Gasteiger partial charge in [-0.3, -0.25) is 0 Å². The number of rotatable bonds is 3. The van der Waals surface area contributed by atoms with Crippen LogP contribution < -0.4 is 10.6 Å². The van der Waals surface area contributed by atoms with E-state index in [9.17, 15) is 0 Å². The van der Waals surface area contributed by atoms with Gasteiger partial charge in [0.1, 0.15) is 0 Å². The van der Waals surface area contributed by atoms with Crippen LogP contribution in [0, 0.1) is 0 Å². The molecule has 82 valence electrons. The summed E-state index contributed by atoms with van der Waals surface area (Å²) in [6.45, 7) is 0.731. The molecular weight excluding hydrogens is 208 g/mol. The van der Waals surface area contributed by atoms with Gasteiger partial charge in [-0.05, 0) is 31.1 Å². The van der Waals surface area contributed by atoms with Gasteiger partial charge in [-0.2, -0.15) is 0 Å². The molecule has 1 fully saturated rings. The number of furan rings is 1. The lowest BCUT2D eigenvalue weighted by molar-refractivity contribution is 0.562. The van der Waals surface area contributed by atoms with Gasteiger partial charge in [-0.1, -0.05) is 12.8 Å². The first kappa shape index (κ1) is 10.5. The van der Waals surface area contributed by atoms with Crippen LogP contribution in [0.3, 0.4) is 0 Å². The van der Waals surface area contributed by atoms with Gasteiger partial charge in [0.05, 0.1) is 12.5 Å². The summed E-state index contributed by atoms with van der Waals surface area (Å²) in [4.78, 5) is 0. The molecule has 2 N–H and O–H groups in total. The smallest absolute Gasteiger partial charge is 0.166 e. The first-order valence-corrected chi connectivity index (χ1v) is 5.81. The standard InChI is InChI=1S/C11H16N2OS/c15-11(13-10-3-1-2-4-10)12-7-9-5-6-14-8-9/h5-6,8,10H,1-4,7H2,(H2,12,13,15). The second-order valence-corrected chi connectivity index (χ2v) is 4.35. The Labute approximate surface area is 95.2 Å². The molecule has 1 heterocycles. The summed E-state index contributed by atoms with van der Waals surface area (Å²) in [5.74, 6) is 0. The van der Waals surface area contributed by atoms with E-state index < -0.39 is 0 Å². The van der Waals surface area contributed by atoms with Crippen molar-refractivity contribution in [1.29, 1.82) is 0 Å². The molecule has 0 aliphatic heterocycles. The molecular formula is C11H16N2OS. The van der Waals surface area contributed by atoms with Gasteiger partial charge >= 0.3 is 0 Å². The molecule has 0 radical (unpaired) electrons. The van der Waals surface area contributed by atoms with E-state index in [1.54, 1.807) is 12.5 Å². The Morgan fingerprint density at radius 3 is 2.93 bits per heavy atom. The summed E-state index contributed by atoms with van der Waals surface area (Å²) >= 11 is 5.21. The second kappa shape index (κ2) is 5.16. The van der Waals surface area contributed by atoms with E-state index >= 15 is 0 Å². The van der Waals surface area contributed by atoms with Crippen LogP contribution in [0.1, 0.15) is 31.2 Å². The van der Waals surface area contributed by atoms with E-state index in [1.807, 2.05) is 6.07 Å². The Bertz CT molecular complexity index is 304. The summed E-state index contributed by atoms with van der Waals surface area (Å²) in [6.07, 6.45) is 8.53. The highest BCUT2D eigenvalue weighted by Gasteiger charge is 2.15. The zero-order chi connectivity index (χ0) is 10.5. The number of thiocarbonyl (C=S) groups is 1. The second-order valence-electron chi connectivity index (χ2n) is 3.94. The molecule has 1 aliphatic rings. The van der Waals surface area contributed by atoms with Crippen molar-refractivity contribution in [3.63, 3.8) is 0 Å². The largest absolute Gasteiger partial charge is 0.472 e. The molecule has 0 bridgehead atoms. The maximum atomic E-state index is 5.21. The van der Waals surface area contributed by atoms with Crippen LogP contribution in [0.15, 0.2) is 23.0 Å². The quantitative estimate of drug-likeness (QED) is 0.772. The summed E-state index contributed by atoms with van der Waals surface area (Å²) in [5, 5.41) is 7.26. The lowest BCUT2D eigenvalue weighted by Crippen LogP contribution is -2.40. The highest BCUT2D eigenvalue weighted by molar-refractivity contribution is 7.80. The van der Waals surface area contributed by atoms with E-state index in [2.05, 4.69) is 10.6 Å². The van der Waals surface area contributed by atoms with Crippen LogP contribution in [0.4, 0.5) is 0 Å². The normalized spacial score (nSPS) is 16.5. The monoisotopic (exact) mass is 224 g/mol. The van der Waals surface area contributed by atoms with E-state index in [4.69, 9.17) is 16.6 Å². The van der Waals surface area contributed by atoms with Gasteiger partial charge in [0.2, 0.25) is 0 Å². The van der Waals surface area contributed by atoms with Crippen molar-refractivity contribution in [3.8, 4) is 0 Å². The van der Waals surface area contributed by atoms with Gasteiger partial charge in [-0.15, -0.1) is 0 Å². The van der Waals surface area contributed by atoms with E-state index in [0.29, 0.717) is 6.04 Å². The summed E-state index contributed by atoms with van der Waals surface area (Å²) < 4.78 is 4.98. The Morgan fingerprint density at radius 1 is 1.47 bits per heavy atom. The number of hydrogen-bond acceptors (Lipinski definition) is 2. The average Bonchev–Trinajstić information content (AvgIpc) is 2.86. The third-order valence-corrected chi connectivity index (χ3v) is 2.99. The van der Waals surface area contributed by atoms with Crippen LogP contribution in [0.5, 0.6) is 0 Å². The third-order valence-electron chi connectivity index (χ3n) is 2.72. The number of hydrogen-bond donors (Lipinski definition) is 2. The fraction of sp³-hybridized carbons (Fsp3) is 0.545. The lowest BCUT2D eigenvalue weighted by Gasteiger charge is -2.15. The van der Waals surface area contributed by atoms with Gasteiger partial charge < -0.3 is 15.1 Å². The van der Waals surface area contributed by atoms with Crippen LogP contribution >= 0.6 is 12.2 Å². The molecule has 0 atom stereocenters. The lowest BCUT2D eigenvalue weighted by atomic mass is 10.2. The molecule has 1 saturated carbocycles. The Hall–Kier alpha value is -1.03. The van der Waals surface area contributed by atoms with Gasteiger partial charge in [-0.25, -0.2) is 0 Å². The SMILES string of the molecule is S=C(NCc1ccoc1)NC1CCCC1. The Balaban J connectivity index is 1.68. The third kappa shape index (κ3) is 3.23. The molecule has 2 rings (SSSR count). The highest BCUT2D eigenvalue weighted by Crippen LogP contribution is 2.17. The van der Waals surface area contributed by atoms with Gasteiger partial charge in [0.25, 0.3) is 0 Å². The van der Waals surface area contributed by atoms with Crippen molar-refractivity contribution in [2.45, 2.75) is 38.3 Å². The summed E-state index contributed by atoms with van der Waals surface area (Å²) in [5.41, 5.74) is 1.12. The maximum absolute atomic E-state index is 5.21. The fourth-order valence-electron chi connectivity index (χ4n) is 1.88. The zero-order valence-corrected chi connectivity index (χ0v) is 9.48. The first-order chi connectivity index (χ1) is 7.34. The van der Waals surface area contributed by atoms with Crippen molar-refractivity contribution in [1.82, 2.24) is 10.6 Å². The maximum Gasteiger partial charge on any atom is 0.166 e. The van der Waals surface area contributed by atoms with Crippen molar-refractivity contribution in [2.24, 2.45) is 0 Å².